The molecule has 2 atom stereocenters. The molecule has 0 aromatic heterocycles. The molecule has 1 N–H and O–H groups in total. The van der Waals surface area contributed by atoms with Crippen molar-refractivity contribution in [3.8, 4) is 0 Å². The number of benzene rings is 4. The van der Waals surface area contributed by atoms with Gasteiger partial charge in [-0.2, -0.15) is 0 Å². The molecule has 0 saturated heterocycles. The van der Waals surface area contributed by atoms with Crippen LogP contribution in [0.4, 0.5) is 10.1 Å². The number of carbonyl (C=O) groups excluding carboxylic acids is 2. The van der Waals surface area contributed by atoms with Crippen LogP contribution in [0, 0.1) is 5.82 Å². The molecule has 4 rings (SSSR count). The first kappa shape index (κ1) is 32.7. The summed E-state index contributed by atoms with van der Waals surface area (Å²) in [7, 11) is -4.26. The second-order valence-corrected chi connectivity index (χ2v) is 12.7. The zero-order chi connectivity index (χ0) is 31.7. The third kappa shape index (κ3) is 8.24. The molecular weight excluding hydrogens is 601 g/mol. The van der Waals surface area contributed by atoms with Crippen LogP contribution < -0.4 is 9.62 Å². The minimum Gasteiger partial charge on any atom is -0.352 e. The molecule has 10 heteroatoms. The lowest BCUT2D eigenvalue weighted by Crippen LogP contribution is -2.54. The van der Waals surface area contributed by atoms with Crippen molar-refractivity contribution in [2.45, 2.75) is 50.2 Å². The largest absolute Gasteiger partial charge is 0.352 e. The molecule has 44 heavy (non-hydrogen) atoms. The van der Waals surface area contributed by atoms with E-state index in [1.807, 2.05) is 44.2 Å². The van der Waals surface area contributed by atoms with Crippen LogP contribution in [0.2, 0.25) is 5.02 Å². The smallest absolute Gasteiger partial charge is 0.264 e. The fourth-order valence-electron chi connectivity index (χ4n) is 4.67. The molecule has 0 spiro atoms. The molecule has 0 aliphatic rings. The normalized spacial score (nSPS) is 12.6. The van der Waals surface area contributed by atoms with E-state index < -0.39 is 34.3 Å². The van der Waals surface area contributed by atoms with Crippen molar-refractivity contribution in [3.05, 3.63) is 131 Å². The second-order valence-electron chi connectivity index (χ2n) is 10.4. The summed E-state index contributed by atoms with van der Waals surface area (Å²) in [4.78, 5) is 29.6. The Labute approximate surface area is 263 Å². The molecule has 0 heterocycles. The Morgan fingerprint density at radius 3 is 2.05 bits per heavy atom. The van der Waals surface area contributed by atoms with Crippen LogP contribution in [-0.4, -0.2) is 43.8 Å². The number of hydrogen-bond acceptors (Lipinski definition) is 4. The van der Waals surface area contributed by atoms with Gasteiger partial charge >= 0.3 is 0 Å². The summed E-state index contributed by atoms with van der Waals surface area (Å²) in [6, 6.07) is 27.9. The van der Waals surface area contributed by atoms with Crippen molar-refractivity contribution in [1.82, 2.24) is 10.2 Å². The molecule has 0 radical (unpaired) electrons. The first-order valence-electron chi connectivity index (χ1n) is 14.3. The van der Waals surface area contributed by atoms with Gasteiger partial charge in [0, 0.05) is 19.0 Å². The van der Waals surface area contributed by atoms with Gasteiger partial charge in [0.25, 0.3) is 10.0 Å². The molecule has 0 unspecified atom stereocenters. The van der Waals surface area contributed by atoms with Crippen molar-refractivity contribution >= 4 is 39.1 Å². The first-order valence-corrected chi connectivity index (χ1v) is 16.1. The molecule has 0 aliphatic heterocycles. The van der Waals surface area contributed by atoms with Crippen LogP contribution in [0.15, 0.2) is 114 Å². The molecule has 0 aliphatic carbocycles. The maximum absolute atomic E-state index is 14.4. The Morgan fingerprint density at radius 2 is 1.43 bits per heavy atom. The van der Waals surface area contributed by atoms with Gasteiger partial charge in [0.05, 0.1) is 15.6 Å². The summed E-state index contributed by atoms with van der Waals surface area (Å²) < 4.78 is 42.8. The molecule has 4 aromatic carbocycles. The van der Waals surface area contributed by atoms with Gasteiger partial charge in [0.1, 0.15) is 18.4 Å². The van der Waals surface area contributed by atoms with Gasteiger partial charge < -0.3 is 10.2 Å². The summed E-state index contributed by atoms with van der Waals surface area (Å²) in [6.07, 6.45) is 0.846. The molecule has 0 bridgehead atoms. The maximum Gasteiger partial charge on any atom is 0.264 e. The van der Waals surface area contributed by atoms with E-state index in [0.717, 1.165) is 9.87 Å². The Kier molecular flexibility index (Phi) is 11.1. The first-order chi connectivity index (χ1) is 21.1. The predicted octanol–water partition coefficient (Wildman–Crippen LogP) is 6.23. The average Bonchev–Trinajstić information content (AvgIpc) is 3.03. The maximum atomic E-state index is 14.4. The lowest BCUT2D eigenvalue weighted by Gasteiger charge is -2.34. The quantitative estimate of drug-likeness (QED) is 0.189. The van der Waals surface area contributed by atoms with Gasteiger partial charge in [0.2, 0.25) is 11.8 Å². The van der Waals surface area contributed by atoms with E-state index in [4.69, 9.17) is 11.6 Å². The van der Waals surface area contributed by atoms with Crippen molar-refractivity contribution in [2.24, 2.45) is 0 Å². The highest BCUT2D eigenvalue weighted by molar-refractivity contribution is 7.92. The van der Waals surface area contributed by atoms with Gasteiger partial charge in [-0.3, -0.25) is 13.9 Å². The highest BCUT2D eigenvalue weighted by atomic mass is 35.5. The zero-order valence-electron chi connectivity index (χ0n) is 24.6. The fourth-order valence-corrected chi connectivity index (χ4v) is 6.41. The summed E-state index contributed by atoms with van der Waals surface area (Å²) in [5.41, 5.74) is 1.51. The number of rotatable bonds is 13. The minimum absolute atomic E-state index is 0.0202. The Balaban J connectivity index is 1.81. The summed E-state index contributed by atoms with van der Waals surface area (Å²) in [6.45, 7) is 3.11. The lowest BCUT2D eigenvalue weighted by atomic mass is 10.0. The molecule has 0 fully saturated rings. The van der Waals surface area contributed by atoms with E-state index in [1.165, 1.54) is 47.4 Å². The predicted molar refractivity (Wildman–Crippen MR) is 171 cm³/mol. The van der Waals surface area contributed by atoms with Crippen molar-refractivity contribution in [2.75, 3.05) is 10.8 Å². The van der Waals surface area contributed by atoms with Gasteiger partial charge in [-0.05, 0) is 60.9 Å². The number of hydrogen-bond donors (Lipinski definition) is 1. The van der Waals surface area contributed by atoms with Crippen LogP contribution in [-0.2, 0) is 32.6 Å². The van der Waals surface area contributed by atoms with E-state index in [0.29, 0.717) is 12.0 Å². The topological polar surface area (TPSA) is 86.8 Å². The molecule has 0 saturated carbocycles. The van der Waals surface area contributed by atoms with Crippen LogP contribution in [0.3, 0.4) is 0 Å². The van der Waals surface area contributed by atoms with Gasteiger partial charge in [0.15, 0.2) is 0 Å². The second kappa shape index (κ2) is 15.0. The summed E-state index contributed by atoms with van der Waals surface area (Å²) in [5.74, 6) is -1.45. The van der Waals surface area contributed by atoms with E-state index in [2.05, 4.69) is 5.32 Å². The highest BCUT2D eigenvalue weighted by Gasteiger charge is 2.35. The molecular formula is C34H35ClFN3O4S. The number of nitrogens with one attached hydrogen (secondary N) is 1. The number of halogens is 2. The monoisotopic (exact) mass is 635 g/mol. The Hall–Kier alpha value is -4.21. The third-order valence-corrected chi connectivity index (χ3v) is 9.36. The van der Waals surface area contributed by atoms with Gasteiger partial charge in [-0.1, -0.05) is 91.3 Å². The van der Waals surface area contributed by atoms with Crippen molar-refractivity contribution in [1.29, 1.82) is 0 Å². The number of sulfonamides is 1. The summed E-state index contributed by atoms with van der Waals surface area (Å²) in [5, 5.41) is 3.12. The van der Waals surface area contributed by atoms with Crippen LogP contribution in [0.1, 0.15) is 31.4 Å². The van der Waals surface area contributed by atoms with E-state index in [1.54, 1.807) is 36.4 Å². The van der Waals surface area contributed by atoms with Gasteiger partial charge in [-0.15, -0.1) is 0 Å². The van der Waals surface area contributed by atoms with Crippen LogP contribution >= 0.6 is 11.6 Å². The molecule has 2 amide bonds. The van der Waals surface area contributed by atoms with E-state index in [-0.39, 0.29) is 40.5 Å². The summed E-state index contributed by atoms with van der Waals surface area (Å²) >= 11 is 6.48. The molecule has 7 nitrogen and oxygen atoms in total. The zero-order valence-corrected chi connectivity index (χ0v) is 26.1. The Bertz CT molecular complexity index is 1660. The highest BCUT2D eigenvalue weighted by Crippen LogP contribution is 2.31. The number of carbonyl (C=O) groups is 2. The van der Waals surface area contributed by atoms with E-state index in [9.17, 15) is 22.4 Å². The number of amides is 2. The SMILES string of the molecule is CC[C@H](C)NC(=O)[C@@H](Cc1ccccc1)N(Cc1ccc(F)cc1)C(=O)CN(c1ccccc1Cl)S(=O)(=O)c1ccccc1. The number of nitrogens with zero attached hydrogens (tertiary/aromatic N) is 2. The third-order valence-electron chi connectivity index (χ3n) is 7.27. The van der Waals surface area contributed by atoms with Crippen LogP contribution in [0.5, 0.6) is 0 Å². The fraction of sp³-hybridized carbons (Fsp3) is 0.235. The van der Waals surface area contributed by atoms with E-state index >= 15 is 0 Å². The molecule has 4 aromatic rings. The Morgan fingerprint density at radius 1 is 0.841 bits per heavy atom. The molecule has 230 valence electrons. The standard InChI is InChI=1S/C34H35ClFN3O4S/c1-3-25(2)37-34(41)32(22-26-12-6-4-7-13-26)38(23-27-18-20-28(36)21-19-27)33(40)24-39(31-17-11-10-16-30(31)35)44(42,43)29-14-8-5-9-15-29/h4-21,25,32H,3,22-24H2,1-2H3,(H,37,41)/t25-,32+/m0/s1. The van der Waals surface area contributed by atoms with Gasteiger partial charge in [-0.25, -0.2) is 12.8 Å². The lowest BCUT2D eigenvalue weighted by molar-refractivity contribution is -0.140. The number of para-hydroxylation sites is 1. The average molecular weight is 636 g/mol. The van der Waals surface area contributed by atoms with Crippen molar-refractivity contribution in [3.63, 3.8) is 0 Å². The van der Waals surface area contributed by atoms with Crippen LogP contribution in [0.25, 0.3) is 0 Å². The number of anilines is 1. The minimum atomic E-state index is -4.26. The van der Waals surface area contributed by atoms with Crippen molar-refractivity contribution < 1.29 is 22.4 Å².